The zero-order chi connectivity index (χ0) is 12.3. The van der Waals surface area contributed by atoms with E-state index in [4.69, 9.17) is 5.11 Å². The lowest BCUT2D eigenvalue weighted by molar-refractivity contribution is 0.0921. The molecule has 2 unspecified atom stereocenters. The molecule has 0 spiro atoms. The molecule has 0 bridgehead atoms. The third kappa shape index (κ3) is 3.22. The molecule has 17 heavy (non-hydrogen) atoms. The van der Waals surface area contributed by atoms with E-state index in [9.17, 15) is 4.79 Å². The van der Waals surface area contributed by atoms with E-state index in [0.717, 1.165) is 12.8 Å². The molecule has 1 aromatic rings. The average Bonchev–Trinajstić information content (AvgIpc) is 2.29. The van der Waals surface area contributed by atoms with Crippen molar-refractivity contribution >= 4 is 5.91 Å². The maximum absolute atomic E-state index is 11.9. The SMILES string of the molecule is CC1CCCC(NC(=O)c2ccc(O)cc2)C1. The van der Waals surface area contributed by atoms with E-state index in [1.54, 1.807) is 24.3 Å². The van der Waals surface area contributed by atoms with Gasteiger partial charge in [0.2, 0.25) is 0 Å². The minimum atomic E-state index is -0.0379. The van der Waals surface area contributed by atoms with Crippen LogP contribution in [0.25, 0.3) is 0 Å². The zero-order valence-corrected chi connectivity index (χ0v) is 10.1. The Bertz CT molecular complexity index is 386. The van der Waals surface area contributed by atoms with Crippen molar-refractivity contribution in [1.29, 1.82) is 0 Å². The maximum atomic E-state index is 11.9. The van der Waals surface area contributed by atoms with Crippen LogP contribution in [0.1, 0.15) is 43.0 Å². The van der Waals surface area contributed by atoms with Gasteiger partial charge in [0.25, 0.3) is 5.91 Å². The van der Waals surface area contributed by atoms with E-state index in [1.807, 2.05) is 0 Å². The molecule has 0 radical (unpaired) electrons. The predicted octanol–water partition coefficient (Wildman–Crippen LogP) is 2.70. The number of nitrogens with one attached hydrogen (secondary N) is 1. The molecule has 1 aliphatic rings. The topological polar surface area (TPSA) is 49.3 Å². The van der Waals surface area contributed by atoms with Gasteiger partial charge in [-0.15, -0.1) is 0 Å². The van der Waals surface area contributed by atoms with Gasteiger partial charge in [0, 0.05) is 11.6 Å². The normalized spacial score (nSPS) is 24.3. The summed E-state index contributed by atoms with van der Waals surface area (Å²) in [5.74, 6) is 0.853. The molecule has 0 saturated heterocycles. The fourth-order valence-electron chi connectivity index (χ4n) is 2.45. The molecule has 0 aromatic heterocycles. The molecule has 0 heterocycles. The summed E-state index contributed by atoms with van der Waals surface area (Å²) in [6.07, 6.45) is 4.62. The summed E-state index contributed by atoms with van der Waals surface area (Å²) in [5, 5.41) is 12.2. The van der Waals surface area contributed by atoms with Crippen LogP contribution in [-0.2, 0) is 0 Å². The third-order valence-electron chi connectivity index (χ3n) is 3.40. The van der Waals surface area contributed by atoms with Gasteiger partial charge in [-0.1, -0.05) is 19.8 Å². The molecule has 1 amide bonds. The molecule has 2 rings (SSSR count). The van der Waals surface area contributed by atoms with Crippen molar-refractivity contribution in [1.82, 2.24) is 5.32 Å². The first-order valence-corrected chi connectivity index (χ1v) is 6.25. The van der Waals surface area contributed by atoms with E-state index in [1.165, 1.54) is 12.8 Å². The van der Waals surface area contributed by atoms with Crippen LogP contribution in [0.5, 0.6) is 5.75 Å². The molecule has 1 aromatic carbocycles. The summed E-state index contributed by atoms with van der Waals surface area (Å²) >= 11 is 0. The summed E-state index contributed by atoms with van der Waals surface area (Å²) in [5.41, 5.74) is 0.612. The Morgan fingerprint density at radius 3 is 2.65 bits per heavy atom. The molecule has 1 aliphatic carbocycles. The molecule has 92 valence electrons. The van der Waals surface area contributed by atoms with Crippen LogP contribution in [0.3, 0.4) is 0 Å². The highest BCUT2D eigenvalue weighted by molar-refractivity contribution is 5.94. The lowest BCUT2D eigenvalue weighted by Gasteiger charge is -2.27. The van der Waals surface area contributed by atoms with E-state index >= 15 is 0 Å². The van der Waals surface area contributed by atoms with E-state index < -0.39 is 0 Å². The number of phenols is 1. The number of aromatic hydroxyl groups is 1. The Morgan fingerprint density at radius 2 is 2.00 bits per heavy atom. The molecule has 2 N–H and O–H groups in total. The van der Waals surface area contributed by atoms with Crippen LogP contribution < -0.4 is 5.32 Å². The van der Waals surface area contributed by atoms with Crippen LogP contribution in [-0.4, -0.2) is 17.1 Å². The average molecular weight is 233 g/mol. The molecule has 2 atom stereocenters. The van der Waals surface area contributed by atoms with E-state index in [2.05, 4.69) is 12.2 Å². The fraction of sp³-hybridized carbons (Fsp3) is 0.500. The van der Waals surface area contributed by atoms with Crippen molar-refractivity contribution < 1.29 is 9.90 Å². The quantitative estimate of drug-likeness (QED) is 0.825. The van der Waals surface area contributed by atoms with E-state index in [0.29, 0.717) is 17.5 Å². The maximum Gasteiger partial charge on any atom is 0.251 e. The van der Waals surface area contributed by atoms with Gasteiger partial charge in [-0.05, 0) is 43.0 Å². The van der Waals surface area contributed by atoms with Gasteiger partial charge in [0.15, 0.2) is 0 Å². The molecule has 1 saturated carbocycles. The summed E-state index contributed by atoms with van der Waals surface area (Å²) < 4.78 is 0. The second-order valence-corrected chi connectivity index (χ2v) is 4.99. The zero-order valence-electron chi connectivity index (χ0n) is 10.1. The lowest BCUT2D eigenvalue weighted by Crippen LogP contribution is -2.37. The lowest BCUT2D eigenvalue weighted by atomic mass is 9.87. The number of benzene rings is 1. The summed E-state index contributed by atoms with van der Waals surface area (Å²) in [6.45, 7) is 2.23. The number of carbonyl (C=O) groups excluding carboxylic acids is 1. The van der Waals surface area contributed by atoms with Crippen LogP contribution in [0.15, 0.2) is 24.3 Å². The van der Waals surface area contributed by atoms with Crippen LogP contribution in [0, 0.1) is 5.92 Å². The monoisotopic (exact) mass is 233 g/mol. The summed E-state index contributed by atoms with van der Waals surface area (Å²) in [6, 6.07) is 6.69. The second kappa shape index (κ2) is 5.21. The van der Waals surface area contributed by atoms with Crippen molar-refractivity contribution in [2.24, 2.45) is 5.92 Å². The van der Waals surface area contributed by atoms with Crippen molar-refractivity contribution in [2.45, 2.75) is 38.6 Å². The van der Waals surface area contributed by atoms with Crippen molar-refractivity contribution in [2.75, 3.05) is 0 Å². The Labute approximate surface area is 102 Å². The molecular weight excluding hydrogens is 214 g/mol. The van der Waals surface area contributed by atoms with Crippen molar-refractivity contribution in [3.63, 3.8) is 0 Å². The Hall–Kier alpha value is -1.51. The van der Waals surface area contributed by atoms with Gasteiger partial charge in [-0.2, -0.15) is 0 Å². The van der Waals surface area contributed by atoms with Gasteiger partial charge in [-0.25, -0.2) is 0 Å². The van der Waals surface area contributed by atoms with Gasteiger partial charge in [0.05, 0.1) is 0 Å². The molecule has 1 fully saturated rings. The number of rotatable bonds is 2. The van der Waals surface area contributed by atoms with Crippen molar-refractivity contribution in [3.05, 3.63) is 29.8 Å². The first-order chi connectivity index (χ1) is 8.15. The first-order valence-electron chi connectivity index (χ1n) is 6.25. The number of carbonyl (C=O) groups is 1. The second-order valence-electron chi connectivity index (χ2n) is 4.99. The van der Waals surface area contributed by atoms with Gasteiger partial charge in [0.1, 0.15) is 5.75 Å². The van der Waals surface area contributed by atoms with E-state index in [-0.39, 0.29) is 11.7 Å². The third-order valence-corrected chi connectivity index (χ3v) is 3.40. The smallest absolute Gasteiger partial charge is 0.251 e. The van der Waals surface area contributed by atoms with Crippen LogP contribution in [0.4, 0.5) is 0 Å². The van der Waals surface area contributed by atoms with Crippen LogP contribution >= 0.6 is 0 Å². The first kappa shape index (κ1) is 12.0. The highest BCUT2D eigenvalue weighted by Crippen LogP contribution is 2.23. The van der Waals surface area contributed by atoms with Gasteiger partial charge < -0.3 is 10.4 Å². The van der Waals surface area contributed by atoms with Crippen molar-refractivity contribution in [3.8, 4) is 5.75 Å². The molecule has 3 nitrogen and oxygen atoms in total. The minimum Gasteiger partial charge on any atom is -0.508 e. The standard InChI is InChI=1S/C14H19NO2/c1-10-3-2-4-12(9-10)15-14(17)11-5-7-13(16)8-6-11/h5-8,10,12,16H,2-4,9H2,1H3,(H,15,17). The predicted molar refractivity (Wildman–Crippen MR) is 67.0 cm³/mol. The van der Waals surface area contributed by atoms with Crippen LogP contribution in [0.2, 0.25) is 0 Å². The largest absolute Gasteiger partial charge is 0.508 e. The summed E-state index contributed by atoms with van der Waals surface area (Å²) in [7, 11) is 0. The molecule has 3 heteroatoms. The highest BCUT2D eigenvalue weighted by Gasteiger charge is 2.20. The van der Waals surface area contributed by atoms with Gasteiger partial charge >= 0.3 is 0 Å². The fourth-order valence-corrected chi connectivity index (χ4v) is 2.45. The Kier molecular flexibility index (Phi) is 3.67. The highest BCUT2D eigenvalue weighted by atomic mass is 16.3. The number of amides is 1. The Balaban J connectivity index is 1.94. The number of hydrogen-bond acceptors (Lipinski definition) is 2. The molecular formula is C14H19NO2. The number of phenolic OH excluding ortho intramolecular Hbond substituents is 1. The number of hydrogen-bond donors (Lipinski definition) is 2. The molecule has 0 aliphatic heterocycles. The Morgan fingerprint density at radius 1 is 1.29 bits per heavy atom. The van der Waals surface area contributed by atoms with Gasteiger partial charge in [-0.3, -0.25) is 4.79 Å². The summed E-state index contributed by atoms with van der Waals surface area (Å²) in [4.78, 5) is 11.9. The minimum absolute atomic E-state index is 0.0379.